The number of nitrogens with zero attached hydrogens (tertiary/aromatic N) is 1. The molecule has 0 spiro atoms. The minimum absolute atomic E-state index is 0.0883. The molecule has 0 aliphatic carbocycles. The summed E-state index contributed by atoms with van der Waals surface area (Å²) in [6.45, 7) is -0.368. The predicted octanol–water partition coefficient (Wildman–Crippen LogP) is -1.34. The fourth-order valence-electron chi connectivity index (χ4n) is 1.59. The zero-order valence-corrected chi connectivity index (χ0v) is 10.4. The standard InChI is InChI=1S/C12H13N3O5/c16-8(7-20-9-4-2-1-3-5-9)6-15-11(18)13-10(17)14-12(15)19/h1-5,8,16H,6-7H2,(H2,13,14,17,18,19). The van der Waals surface area contributed by atoms with E-state index in [4.69, 9.17) is 4.74 Å². The summed E-state index contributed by atoms with van der Waals surface area (Å²) in [7, 11) is 0. The molecule has 3 N–H and O–H groups in total. The van der Waals surface area contributed by atoms with E-state index in [9.17, 15) is 19.5 Å². The number of H-pyrrole nitrogens is 2. The van der Waals surface area contributed by atoms with Crippen molar-refractivity contribution in [1.82, 2.24) is 14.5 Å². The molecule has 0 amide bonds. The Morgan fingerprint density at radius 1 is 1.10 bits per heavy atom. The fourth-order valence-corrected chi connectivity index (χ4v) is 1.59. The smallest absolute Gasteiger partial charge is 0.333 e. The number of para-hydroxylation sites is 1. The number of aliphatic hydroxyl groups is 1. The SMILES string of the molecule is O=c1[nH]c(=O)n(CC(O)COc2ccccc2)c(=O)[nH]1. The average Bonchev–Trinajstić information content (AvgIpc) is 2.42. The molecule has 106 valence electrons. The Balaban J connectivity index is 2.02. The van der Waals surface area contributed by atoms with Gasteiger partial charge >= 0.3 is 17.1 Å². The lowest BCUT2D eigenvalue weighted by Crippen LogP contribution is -2.45. The van der Waals surface area contributed by atoms with Crippen molar-refractivity contribution in [3.63, 3.8) is 0 Å². The minimum atomic E-state index is -1.07. The van der Waals surface area contributed by atoms with Gasteiger partial charge in [0.25, 0.3) is 0 Å². The van der Waals surface area contributed by atoms with Crippen LogP contribution < -0.4 is 21.8 Å². The van der Waals surface area contributed by atoms with Crippen LogP contribution in [0.15, 0.2) is 44.7 Å². The molecule has 1 aromatic heterocycles. The van der Waals surface area contributed by atoms with Gasteiger partial charge in [0.1, 0.15) is 18.5 Å². The zero-order chi connectivity index (χ0) is 14.5. The third-order valence-corrected chi connectivity index (χ3v) is 2.51. The number of benzene rings is 1. The van der Waals surface area contributed by atoms with Gasteiger partial charge in [0, 0.05) is 0 Å². The number of hydrogen-bond donors (Lipinski definition) is 3. The van der Waals surface area contributed by atoms with Crippen LogP contribution in [-0.2, 0) is 6.54 Å². The van der Waals surface area contributed by atoms with Crippen molar-refractivity contribution in [2.45, 2.75) is 12.6 Å². The van der Waals surface area contributed by atoms with Gasteiger partial charge in [0.2, 0.25) is 0 Å². The quantitative estimate of drug-likeness (QED) is 0.626. The number of aliphatic hydroxyl groups excluding tert-OH is 1. The molecule has 8 heteroatoms. The maximum absolute atomic E-state index is 11.4. The molecule has 8 nitrogen and oxygen atoms in total. The number of nitrogens with one attached hydrogen (secondary N) is 2. The maximum atomic E-state index is 11.4. The van der Waals surface area contributed by atoms with Crippen LogP contribution in [0.2, 0.25) is 0 Å². The summed E-state index contributed by atoms with van der Waals surface area (Å²) in [5.41, 5.74) is -2.64. The summed E-state index contributed by atoms with van der Waals surface area (Å²) >= 11 is 0. The highest BCUT2D eigenvalue weighted by Gasteiger charge is 2.10. The van der Waals surface area contributed by atoms with Gasteiger partial charge in [0.15, 0.2) is 0 Å². The first kappa shape index (κ1) is 13.8. The molecule has 1 aromatic carbocycles. The Morgan fingerprint density at radius 2 is 1.70 bits per heavy atom. The molecule has 0 aliphatic heterocycles. The highest BCUT2D eigenvalue weighted by molar-refractivity contribution is 5.20. The highest BCUT2D eigenvalue weighted by Crippen LogP contribution is 2.08. The lowest BCUT2D eigenvalue weighted by atomic mass is 10.3. The lowest BCUT2D eigenvalue weighted by Gasteiger charge is -2.12. The second kappa shape index (κ2) is 6.02. The number of rotatable bonds is 5. The van der Waals surface area contributed by atoms with Gasteiger partial charge in [-0.1, -0.05) is 18.2 Å². The first-order valence-electron chi connectivity index (χ1n) is 5.85. The lowest BCUT2D eigenvalue weighted by molar-refractivity contribution is 0.0899. The van der Waals surface area contributed by atoms with E-state index < -0.39 is 23.2 Å². The van der Waals surface area contributed by atoms with Crippen LogP contribution in [0.4, 0.5) is 0 Å². The van der Waals surface area contributed by atoms with Gasteiger partial charge in [-0.25, -0.2) is 19.0 Å². The second-order valence-corrected chi connectivity index (χ2v) is 4.08. The van der Waals surface area contributed by atoms with Crippen molar-refractivity contribution in [2.24, 2.45) is 0 Å². The number of aromatic amines is 2. The Bertz CT molecular complexity index is 697. The maximum Gasteiger partial charge on any atom is 0.333 e. The average molecular weight is 279 g/mol. The Hall–Kier alpha value is -2.61. The van der Waals surface area contributed by atoms with Crippen molar-refractivity contribution >= 4 is 0 Å². The van der Waals surface area contributed by atoms with Crippen LogP contribution in [0.1, 0.15) is 0 Å². The summed E-state index contributed by atoms with van der Waals surface area (Å²) in [5, 5.41) is 9.75. The Kier molecular flexibility index (Phi) is 4.16. The van der Waals surface area contributed by atoms with Crippen LogP contribution >= 0.6 is 0 Å². The third kappa shape index (κ3) is 3.45. The number of aromatic nitrogens is 3. The van der Waals surface area contributed by atoms with Crippen molar-refractivity contribution in [3.05, 3.63) is 61.8 Å². The van der Waals surface area contributed by atoms with E-state index in [0.29, 0.717) is 10.3 Å². The van der Waals surface area contributed by atoms with Crippen LogP contribution in [0.25, 0.3) is 0 Å². The first-order chi connectivity index (χ1) is 9.56. The Labute approximate surface area is 112 Å². The van der Waals surface area contributed by atoms with Crippen molar-refractivity contribution in [1.29, 1.82) is 0 Å². The molecule has 0 radical (unpaired) electrons. The number of hydrogen-bond acceptors (Lipinski definition) is 5. The number of ether oxygens (including phenoxy) is 1. The van der Waals surface area contributed by atoms with Crippen molar-refractivity contribution in [3.8, 4) is 5.75 Å². The zero-order valence-electron chi connectivity index (χ0n) is 10.4. The van der Waals surface area contributed by atoms with E-state index in [1.54, 1.807) is 24.3 Å². The molecule has 0 aliphatic rings. The predicted molar refractivity (Wildman–Crippen MR) is 69.9 cm³/mol. The molecule has 1 heterocycles. The van der Waals surface area contributed by atoms with E-state index in [0.717, 1.165) is 0 Å². The van der Waals surface area contributed by atoms with Crippen LogP contribution in [-0.4, -0.2) is 32.4 Å². The topological polar surface area (TPSA) is 117 Å². The molecule has 0 saturated carbocycles. The summed E-state index contributed by atoms with van der Waals surface area (Å²) in [5.74, 6) is 0.564. The van der Waals surface area contributed by atoms with Gasteiger partial charge in [-0.05, 0) is 12.1 Å². The molecule has 0 fully saturated rings. The molecule has 2 rings (SSSR count). The molecule has 1 atom stereocenters. The third-order valence-electron chi connectivity index (χ3n) is 2.51. The normalized spacial score (nSPS) is 12.1. The van der Waals surface area contributed by atoms with Gasteiger partial charge in [-0.15, -0.1) is 0 Å². The summed E-state index contributed by atoms with van der Waals surface area (Å²) in [6.07, 6.45) is -1.07. The molecular formula is C12H13N3O5. The second-order valence-electron chi connectivity index (χ2n) is 4.08. The fraction of sp³-hybridized carbons (Fsp3) is 0.250. The molecule has 1 unspecified atom stereocenters. The van der Waals surface area contributed by atoms with E-state index >= 15 is 0 Å². The summed E-state index contributed by atoms with van der Waals surface area (Å²) in [6, 6.07) is 8.80. The van der Waals surface area contributed by atoms with Gasteiger partial charge < -0.3 is 9.84 Å². The largest absolute Gasteiger partial charge is 0.491 e. The summed E-state index contributed by atoms with van der Waals surface area (Å²) in [4.78, 5) is 37.5. The molecular weight excluding hydrogens is 266 g/mol. The van der Waals surface area contributed by atoms with Crippen LogP contribution in [0.3, 0.4) is 0 Å². The van der Waals surface area contributed by atoms with Gasteiger partial charge in [-0.3, -0.25) is 9.97 Å². The van der Waals surface area contributed by atoms with E-state index in [-0.39, 0.29) is 13.2 Å². The minimum Gasteiger partial charge on any atom is -0.491 e. The first-order valence-corrected chi connectivity index (χ1v) is 5.85. The molecule has 0 bridgehead atoms. The van der Waals surface area contributed by atoms with E-state index in [1.165, 1.54) is 0 Å². The van der Waals surface area contributed by atoms with E-state index in [1.807, 2.05) is 16.0 Å². The molecule has 0 saturated heterocycles. The Morgan fingerprint density at radius 3 is 2.30 bits per heavy atom. The monoisotopic (exact) mass is 279 g/mol. The van der Waals surface area contributed by atoms with E-state index in [2.05, 4.69) is 0 Å². The van der Waals surface area contributed by atoms with Gasteiger partial charge in [0.05, 0.1) is 6.54 Å². The van der Waals surface area contributed by atoms with Crippen molar-refractivity contribution in [2.75, 3.05) is 6.61 Å². The van der Waals surface area contributed by atoms with Crippen LogP contribution in [0.5, 0.6) is 5.75 Å². The molecule has 2 aromatic rings. The van der Waals surface area contributed by atoms with Crippen LogP contribution in [0, 0.1) is 0 Å². The van der Waals surface area contributed by atoms with Gasteiger partial charge in [-0.2, -0.15) is 0 Å². The molecule has 20 heavy (non-hydrogen) atoms. The summed E-state index contributed by atoms with van der Waals surface area (Å²) < 4.78 is 5.99. The van der Waals surface area contributed by atoms with Crippen molar-refractivity contribution < 1.29 is 9.84 Å². The highest BCUT2D eigenvalue weighted by atomic mass is 16.5.